The standard InChI is InChI=1S/C6H12O5/c7-3-4-11-6(10)2-1-5(8)9/h6-7,10H,1-4H2,(H,8,9). The van der Waals surface area contributed by atoms with Crippen molar-refractivity contribution < 1.29 is 24.9 Å². The van der Waals surface area contributed by atoms with Gasteiger partial charge >= 0.3 is 5.97 Å². The van der Waals surface area contributed by atoms with Gasteiger partial charge in [0.25, 0.3) is 0 Å². The fourth-order valence-electron chi connectivity index (χ4n) is 0.519. The third kappa shape index (κ3) is 7.24. The molecule has 0 aromatic carbocycles. The van der Waals surface area contributed by atoms with Gasteiger partial charge < -0.3 is 20.1 Å². The Kier molecular flexibility index (Phi) is 5.73. The van der Waals surface area contributed by atoms with E-state index in [1.165, 1.54) is 0 Å². The van der Waals surface area contributed by atoms with E-state index in [9.17, 15) is 4.79 Å². The van der Waals surface area contributed by atoms with Gasteiger partial charge in [-0.05, 0) is 0 Å². The van der Waals surface area contributed by atoms with E-state index in [-0.39, 0.29) is 26.1 Å². The monoisotopic (exact) mass is 164 g/mol. The average Bonchev–Trinajstić information content (AvgIpc) is 1.97. The molecule has 5 nitrogen and oxygen atoms in total. The van der Waals surface area contributed by atoms with Crippen LogP contribution in [-0.2, 0) is 9.53 Å². The van der Waals surface area contributed by atoms with Crippen molar-refractivity contribution in [2.24, 2.45) is 0 Å². The molecule has 0 amide bonds. The molecule has 1 atom stereocenters. The fourth-order valence-corrected chi connectivity index (χ4v) is 0.519. The van der Waals surface area contributed by atoms with Gasteiger partial charge in [-0.15, -0.1) is 0 Å². The minimum atomic E-state index is -1.08. The van der Waals surface area contributed by atoms with Crippen molar-refractivity contribution in [2.75, 3.05) is 13.2 Å². The normalized spacial score (nSPS) is 12.9. The number of aliphatic carboxylic acids is 1. The quantitative estimate of drug-likeness (QED) is 0.446. The first-order chi connectivity index (χ1) is 5.16. The van der Waals surface area contributed by atoms with Crippen LogP contribution in [0.4, 0.5) is 0 Å². The molecule has 3 N–H and O–H groups in total. The number of ether oxygens (including phenoxy) is 1. The van der Waals surface area contributed by atoms with E-state index in [1.54, 1.807) is 0 Å². The molecule has 1 unspecified atom stereocenters. The zero-order valence-electron chi connectivity index (χ0n) is 6.06. The SMILES string of the molecule is O=C(O)CCC(O)OCCO. The summed E-state index contributed by atoms with van der Waals surface area (Å²) in [5, 5.41) is 25.2. The van der Waals surface area contributed by atoms with Crippen LogP contribution in [0.25, 0.3) is 0 Å². The molecule has 0 spiro atoms. The second-order valence-electron chi connectivity index (χ2n) is 1.98. The maximum atomic E-state index is 9.96. The number of carboxylic acids is 1. The number of hydrogen-bond acceptors (Lipinski definition) is 4. The van der Waals surface area contributed by atoms with Crippen molar-refractivity contribution in [1.29, 1.82) is 0 Å². The molecule has 0 aromatic heterocycles. The first-order valence-corrected chi connectivity index (χ1v) is 3.29. The Bertz CT molecular complexity index is 114. The third-order valence-electron chi connectivity index (χ3n) is 1.01. The highest BCUT2D eigenvalue weighted by atomic mass is 16.6. The summed E-state index contributed by atoms with van der Waals surface area (Å²) in [7, 11) is 0. The van der Waals surface area contributed by atoms with Gasteiger partial charge in [0.15, 0.2) is 6.29 Å². The molecule has 0 saturated carbocycles. The second-order valence-corrected chi connectivity index (χ2v) is 1.98. The topological polar surface area (TPSA) is 87.0 Å². The summed E-state index contributed by atoms with van der Waals surface area (Å²) < 4.78 is 4.58. The molecule has 0 aliphatic carbocycles. The lowest BCUT2D eigenvalue weighted by Crippen LogP contribution is -2.15. The highest BCUT2D eigenvalue weighted by Crippen LogP contribution is 1.97. The fraction of sp³-hybridized carbons (Fsp3) is 0.833. The van der Waals surface area contributed by atoms with Crippen molar-refractivity contribution in [2.45, 2.75) is 19.1 Å². The average molecular weight is 164 g/mol. The number of hydrogen-bond donors (Lipinski definition) is 3. The van der Waals surface area contributed by atoms with E-state index in [0.29, 0.717) is 0 Å². The third-order valence-corrected chi connectivity index (χ3v) is 1.01. The van der Waals surface area contributed by atoms with E-state index in [1.807, 2.05) is 0 Å². The van der Waals surface area contributed by atoms with Gasteiger partial charge in [0, 0.05) is 6.42 Å². The van der Waals surface area contributed by atoms with E-state index < -0.39 is 12.3 Å². The molecule has 0 rings (SSSR count). The summed E-state index contributed by atoms with van der Waals surface area (Å²) in [5.74, 6) is -0.975. The van der Waals surface area contributed by atoms with Crippen molar-refractivity contribution in [1.82, 2.24) is 0 Å². The molecular formula is C6H12O5. The van der Waals surface area contributed by atoms with Crippen LogP contribution in [0.3, 0.4) is 0 Å². The van der Waals surface area contributed by atoms with E-state index in [4.69, 9.17) is 15.3 Å². The molecule has 0 fully saturated rings. The van der Waals surface area contributed by atoms with Gasteiger partial charge in [0.2, 0.25) is 0 Å². The van der Waals surface area contributed by atoms with Crippen molar-refractivity contribution >= 4 is 5.97 Å². The molecule has 5 heteroatoms. The maximum absolute atomic E-state index is 9.96. The Morgan fingerprint density at radius 3 is 2.64 bits per heavy atom. The Morgan fingerprint density at radius 1 is 1.55 bits per heavy atom. The summed E-state index contributed by atoms with van der Waals surface area (Å²) in [6.07, 6.45) is -1.17. The summed E-state index contributed by atoms with van der Waals surface area (Å²) >= 11 is 0. The summed E-state index contributed by atoms with van der Waals surface area (Å²) in [4.78, 5) is 9.96. The Hall–Kier alpha value is -0.650. The molecule has 0 radical (unpaired) electrons. The Labute approximate surface area is 64.2 Å². The molecule has 11 heavy (non-hydrogen) atoms. The van der Waals surface area contributed by atoms with E-state index in [0.717, 1.165) is 0 Å². The molecule has 0 aliphatic heterocycles. The number of carbonyl (C=O) groups is 1. The maximum Gasteiger partial charge on any atom is 0.303 e. The number of rotatable bonds is 6. The largest absolute Gasteiger partial charge is 0.481 e. The van der Waals surface area contributed by atoms with Crippen molar-refractivity contribution in [3.63, 3.8) is 0 Å². The van der Waals surface area contributed by atoms with Gasteiger partial charge in [-0.25, -0.2) is 0 Å². The minimum Gasteiger partial charge on any atom is -0.481 e. The van der Waals surface area contributed by atoms with Crippen molar-refractivity contribution in [3.05, 3.63) is 0 Å². The van der Waals surface area contributed by atoms with Crippen LogP contribution in [-0.4, -0.2) is 40.8 Å². The predicted molar refractivity (Wildman–Crippen MR) is 35.9 cm³/mol. The second kappa shape index (κ2) is 6.09. The van der Waals surface area contributed by atoms with Crippen LogP contribution in [0.1, 0.15) is 12.8 Å². The van der Waals surface area contributed by atoms with Crippen LogP contribution in [0.15, 0.2) is 0 Å². The molecule has 66 valence electrons. The van der Waals surface area contributed by atoms with Gasteiger partial charge in [0.1, 0.15) is 0 Å². The van der Waals surface area contributed by atoms with E-state index in [2.05, 4.69) is 4.74 Å². The first-order valence-electron chi connectivity index (χ1n) is 3.29. The van der Waals surface area contributed by atoms with Crippen LogP contribution >= 0.6 is 0 Å². The zero-order valence-corrected chi connectivity index (χ0v) is 6.06. The highest BCUT2D eigenvalue weighted by molar-refractivity contribution is 5.66. The van der Waals surface area contributed by atoms with Gasteiger partial charge in [-0.2, -0.15) is 0 Å². The van der Waals surface area contributed by atoms with Gasteiger partial charge in [-0.1, -0.05) is 0 Å². The highest BCUT2D eigenvalue weighted by Gasteiger charge is 2.05. The molecule has 0 aromatic rings. The van der Waals surface area contributed by atoms with Crippen LogP contribution < -0.4 is 0 Å². The summed E-state index contributed by atoms with van der Waals surface area (Å²) in [6, 6.07) is 0. The smallest absolute Gasteiger partial charge is 0.303 e. The first kappa shape index (κ1) is 10.3. The van der Waals surface area contributed by atoms with Gasteiger partial charge in [-0.3, -0.25) is 4.79 Å². The van der Waals surface area contributed by atoms with Crippen LogP contribution in [0.5, 0.6) is 0 Å². The molecular weight excluding hydrogens is 152 g/mol. The lowest BCUT2D eigenvalue weighted by molar-refractivity contribution is -0.143. The summed E-state index contributed by atoms with van der Waals surface area (Å²) in [5.41, 5.74) is 0. The van der Waals surface area contributed by atoms with Crippen LogP contribution in [0.2, 0.25) is 0 Å². The molecule has 0 bridgehead atoms. The number of carboxylic acid groups (broad SMARTS) is 1. The predicted octanol–water partition coefficient (Wildman–Crippen LogP) is -0.822. The molecule has 0 aliphatic rings. The number of aliphatic hydroxyl groups excluding tert-OH is 2. The number of aliphatic hydroxyl groups is 2. The lowest BCUT2D eigenvalue weighted by Gasteiger charge is -2.08. The molecule has 0 saturated heterocycles. The van der Waals surface area contributed by atoms with Gasteiger partial charge in [0.05, 0.1) is 19.6 Å². The minimum absolute atomic E-state index is 0.0286. The lowest BCUT2D eigenvalue weighted by atomic mass is 10.3. The van der Waals surface area contributed by atoms with Crippen molar-refractivity contribution in [3.8, 4) is 0 Å². The Morgan fingerprint density at radius 2 is 2.18 bits per heavy atom. The Balaban J connectivity index is 3.22. The zero-order chi connectivity index (χ0) is 8.69. The van der Waals surface area contributed by atoms with E-state index >= 15 is 0 Å². The van der Waals surface area contributed by atoms with Crippen LogP contribution in [0, 0.1) is 0 Å². The summed E-state index contributed by atoms with van der Waals surface area (Å²) in [6.45, 7) is -0.148. The molecule has 0 heterocycles.